The Morgan fingerprint density at radius 2 is 1.71 bits per heavy atom. The minimum Gasteiger partial charge on any atom is -0.494 e. The number of ether oxygens (including phenoxy) is 1. The molecule has 5 N–H and O–H groups in total. The molecule has 3 aromatic carbocycles. The van der Waals surface area contributed by atoms with E-state index >= 15 is 0 Å². The van der Waals surface area contributed by atoms with Crippen LogP contribution in [0.3, 0.4) is 0 Å². The van der Waals surface area contributed by atoms with E-state index < -0.39 is 0 Å². The van der Waals surface area contributed by atoms with E-state index in [0.29, 0.717) is 23.3 Å². The first kappa shape index (κ1) is 30.0. The normalized spacial score (nSPS) is 10.3. The molecule has 0 saturated heterocycles. The van der Waals surface area contributed by atoms with Crippen molar-refractivity contribution >= 4 is 23.0 Å². The maximum absolute atomic E-state index is 11.7. The van der Waals surface area contributed by atoms with Gasteiger partial charge in [0.15, 0.2) is 17.0 Å². The fraction of sp³-hybridized carbons (Fsp3) is 0.233. The predicted octanol–water partition coefficient (Wildman–Crippen LogP) is 4.76. The molecule has 8 heteroatoms. The maximum Gasteiger partial charge on any atom is 0.193 e. The number of nitrogens with one attached hydrogen (secondary N) is 1. The molecule has 0 unspecified atom stereocenters. The first-order valence-corrected chi connectivity index (χ1v) is 12.3. The third-order valence-corrected chi connectivity index (χ3v) is 5.40. The van der Waals surface area contributed by atoms with Crippen LogP contribution in [0.4, 0.5) is 0 Å². The van der Waals surface area contributed by atoms with Gasteiger partial charge in [-0.25, -0.2) is 0 Å². The average molecular weight is 517 g/mol. The standard InChI is InChI=1S/C18H20O2.C11H10N2O2.CH6N2/c1-15(19)17-10-12-18(13-11-17)20-14-6-5-9-16-7-3-2-4-8-16;1-7-3-2-4-9-10(14)5-8(6-13-12)15-11(7)9;1-3-2/h2-4,7-8,10-13H,5-6,9,14H2,1H3;2-6H,12H2,1H3;3H,2H2,1H3/b;13-6+;. The molecule has 0 atom stereocenters. The highest BCUT2D eigenvalue weighted by molar-refractivity contribution is 5.94. The number of aryl methyl sites for hydroxylation is 2. The Bertz CT molecular complexity index is 1350. The number of hydrazine groups is 1. The predicted molar refractivity (Wildman–Crippen MR) is 154 cm³/mol. The summed E-state index contributed by atoms with van der Waals surface area (Å²) in [6, 6.07) is 24.6. The van der Waals surface area contributed by atoms with Crippen molar-refractivity contribution in [2.75, 3.05) is 13.7 Å². The molecule has 38 heavy (non-hydrogen) atoms. The van der Waals surface area contributed by atoms with Gasteiger partial charge < -0.3 is 15.0 Å². The Labute approximate surface area is 223 Å². The number of nitrogens with zero attached hydrogens (tertiary/aromatic N) is 1. The molecular formula is C30H36N4O4. The second-order valence-electron chi connectivity index (χ2n) is 8.40. The lowest BCUT2D eigenvalue weighted by molar-refractivity contribution is 0.101. The quantitative estimate of drug-likeness (QED) is 0.101. The lowest BCUT2D eigenvalue weighted by atomic mass is 10.1. The Balaban J connectivity index is 0.000000250. The third kappa shape index (κ3) is 10.0. The molecule has 8 nitrogen and oxygen atoms in total. The number of Topliss-reactive ketones (excluding diaryl/α,β-unsaturated/α-hetero) is 1. The topological polar surface area (TPSA) is 133 Å². The molecule has 0 bridgehead atoms. The van der Waals surface area contributed by atoms with Gasteiger partial charge in [0.2, 0.25) is 0 Å². The van der Waals surface area contributed by atoms with Crippen LogP contribution in [0.15, 0.2) is 93.2 Å². The number of hydrogen-bond acceptors (Lipinski definition) is 8. The summed E-state index contributed by atoms with van der Waals surface area (Å²) < 4.78 is 11.2. The number of benzene rings is 3. The largest absolute Gasteiger partial charge is 0.494 e. The molecule has 0 radical (unpaired) electrons. The number of nitrogens with two attached hydrogens (primary N) is 2. The van der Waals surface area contributed by atoms with Crippen LogP contribution >= 0.6 is 0 Å². The fourth-order valence-corrected chi connectivity index (χ4v) is 3.53. The molecule has 0 aliphatic carbocycles. The van der Waals surface area contributed by atoms with E-state index in [1.54, 1.807) is 20.0 Å². The van der Waals surface area contributed by atoms with Crippen molar-refractivity contribution in [3.8, 4) is 5.75 Å². The smallest absolute Gasteiger partial charge is 0.193 e. The Morgan fingerprint density at radius 3 is 2.34 bits per heavy atom. The van der Waals surface area contributed by atoms with Crippen molar-refractivity contribution in [2.24, 2.45) is 16.8 Å². The Hall–Kier alpha value is -4.27. The van der Waals surface area contributed by atoms with Gasteiger partial charge in [-0.15, -0.1) is 0 Å². The number of para-hydroxylation sites is 1. The molecule has 4 rings (SSSR count). The van der Waals surface area contributed by atoms with Crippen molar-refractivity contribution in [1.82, 2.24) is 5.43 Å². The van der Waals surface area contributed by atoms with Crippen LogP contribution in [0.5, 0.6) is 5.75 Å². The number of unbranched alkanes of at least 4 members (excludes halogenated alkanes) is 1. The molecule has 0 aliphatic rings. The second kappa shape index (κ2) is 16.5. The number of hydrogen-bond donors (Lipinski definition) is 3. The van der Waals surface area contributed by atoms with Crippen molar-refractivity contribution < 1.29 is 13.9 Å². The van der Waals surface area contributed by atoms with E-state index in [0.717, 1.165) is 36.1 Å². The highest BCUT2D eigenvalue weighted by atomic mass is 16.5. The monoisotopic (exact) mass is 516 g/mol. The van der Waals surface area contributed by atoms with E-state index in [1.165, 1.54) is 17.8 Å². The number of carbonyl (C=O) groups excluding carboxylic acids is 1. The molecular weight excluding hydrogens is 480 g/mol. The maximum atomic E-state index is 11.7. The summed E-state index contributed by atoms with van der Waals surface area (Å²) in [6.45, 7) is 4.17. The van der Waals surface area contributed by atoms with Crippen molar-refractivity contribution in [2.45, 2.75) is 33.1 Å². The van der Waals surface area contributed by atoms with Crippen molar-refractivity contribution in [3.63, 3.8) is 0 Å². The lowest BCUT2D eigenvalue weighted by Gasteiger charge is -2.06. The van der Waals surface area contributed by atoms with Crippen LogP contribution in [0.2, 0.25) is 0 Å². The summed E-state index contributed by atoms with van der Waals surface area (Å²) in [5, 5.41) is 3.90. The number of ketones is 1. The zero-order valence-corrected chi connectivity index (χ0v) is 22.1. The van der Waals surface area contributed by atoms with Crippen LogP contribution in [-0.4, -0.2) is 25.7 Å². The lowest BCUT2D eigenvalue weighted by Crippen LogP contribution is -2.13. The molecule has 0 fully saturated rings. The van der Waals surface area contributed by atoms with E-state index in [4.69, 9.17) is 15.0 Å². The summed E-state index contributed by atoms with van der Waals surface area (Å²) in [6.07, 6.45) is 4.56. The molecule has 200 valence electrons. The number of hydrazone groups is 1. The molecule has 4 aromatic rings. The summed E-state index contributed by atoms with van der Waals surface area (Å²) in [7, 11) is 1.65. The number of carbonyl (C=O) groups is 1. The van der Waals surface area contributed by atoms with Crippen LogP contribution in [-0.2, 0) is 6.42 Å². The SMILES string of the molecule is CC(=O)c1ccc(OCCCCc2ccccc2)cc1.CNN.Cc1cccc2c(=O)cc(/C=N/N)oc12. The summed E-state index contributed by atoms with van der Waals surface area (Å²) in [5.74, 6) is 10.9. The second-order valence-corrected chi connectivity index (χ2v) is 8.40. The van der Waals surface area contributed by atoms with Gasteiger partial charge in [-0.3, -0.25) is 20.9 Å². The zero-order valence-electron chi connectivity index (χ0n) is 22.1. The van der Waals surface area contributed by atoms with Gasteiger partial charge >= 0.3 is 0 Å². The highest BCUT2D eigenvalue weighted by Crippen LogP contribution is 2.16. The van der Waals surface area contributed by atoms with Gasteiger partial charge in [0.25, 0.3) is 0 Å². The van der Waals surface area contributed by atoms with Crippen LogP contribution < -0.4 is 27.3 Å². The minimum atomic E-state index is -0.0881. The van der Waals surface area contributed by atoms with Crippen molar-refractivity contribution in [1.29, 1.82) is 0 Å². The van der Waals surface area contributed by atoms with Crippen LogP contribution in [0, 0.1) is 6.92 Å². The van der Waals surface area contributed by atoms with E-state index in [2.05, 4.69) is 40.6 Å². The molecule has 1 heterocycles. The molecule has 1 aromatic heterocycles. The fourth-order valence-electron chi connectivity index (χ4n) is 3.53. The van der Waals surface area contributed by atoms with Crippen LogP contribution in [0.1, 0.15) is 47.0 Å². The van der Waals surface area contributed by atoms with E-state index in [1.807, 2.05) is 49.4 Å². The van der Waals surface area contributed by atoms with Crippen molar-refractivity contribution in [3.05, 3.63) is 112 Å². The first-order valence-electron chi connectivity index (χ1n) is 12.3. The van der Waals surface area contributed by atoms with E-state index in [9.17, 15) is 9.59 Å². The molecule has 0 saturated carbocycles. The van der Waals surface area contributed by atoms with Gasteiger partial charge in [0, 0.05) is 11.6 Å². The number of fused-ring (bicyclic) bond motifs is 1. The first-order chi connectivity index (χ1) is 18.4. The molecule has 0 amide bonds. The van der Waals surface area contributed by atoms with Gasteiger partial charge in [0.05, 0.1) is 18.2 Å². The average Bonchev–Trinajstić information content (AvgIpc) is 2.91. The van der Waals surface area contributed by atoms with Gasteiger partial charge in [-0.05, 0) is 81.6 Å². The van der Waals surface area contributed by atoms with Gasteiger partial charge in [0.1, 0.15) is 11.3 Å². The van der Waals surface area contributed by atoms with Gasteiger partial charge in [-0.1, -0.05) is 42.5 Å². The Kier molecular flexibility index (Phi) is 13.0. The third-order valence-electron chi connectivity index (χ3n) is 5.40. The Morgan fingerprint density at radius 1 is 1.03 bits per heavy atom. The summed E-state index contributed by atoms with van der Waals surface area (Å²) in [4.78, 5) is 22.8. The number of rotatable bonds is 8. The summed E-state index contributed by atoms with van der Waals surface area (Å²) in [5.41, 5.74) is 5.76. The highest BCUT2D eigenvalue weighted by Gasteiger charge is 2.05. The van der Waals surface area contributed by atoms with Gasteiger partial charge in [-0.2, -0.15) is 5.10 Å². The minimum absolute atomic E-state index is 0.0828. The summed E-state index contributed by atoms with van der Waals surface area (Å²) >= 11 is 0. The zero-order chi connectivity index (χ0) is 27.8. The van der Waals surface area contributed by atoms with Crippen LogP contribution in [0.25, 0.3) is 11.0 Å². The molecule has 0 aliphatic heterocycles. The molecule has 0 spiro atoms. The van der Waals surface area contributed by atoms with E-state index in [-0.39, 0.29) is 11.2 Å².